The van der Waals surface area contributed by atoms with E-state index in [9.17, 15) is 9.59 Å². The van der Waals surface area contributed by atoms with Gasteiger partial charge in [0.05, 0.1) is 11.8 Å². The quantitative estimate of drug-likeness (QED) is 0.724. The molecule has 4 nitrogen and oxygen atoms in total. The van der Waals surface area contributed by atoms with Crippen LogP contribution >= 0.6 is 11.8 Å². The lowest BCUT2D eigenvalue weighted by Gasteiger charge is -2.20. The number of hydrogen-bond acceptors (Lipinski definition) is 3. The molecule has 142 valence electrons. The maximum absolute atomic E-state index is 12.3. The number of aryl methyl sites for hydroxylation is 2. The van der Waals surface area contributed by atoms with Gasteiger partial charge in [-0.15, -0.1) is 11.8 Å². The Hall–Kier alpha value is -2.27. The average Bonchev–Trinajstić information content (AvgIpc) is 2.66. The first-order valence-corrected chi connectivity index (χ1v) is 10.4. The summed E-state index contributed by atoms with van der Waals surface area (Å²) in [5.41, 5.74) is 4.83. The Bertz CT molecular complexity index is 818. The van der Waals surface area contributed by atoms with Gasteiger partial charge in [0.15, 0.2) is 0 Å². The van der Waals surface area contributed by atoms with Crippen molar-refractivity contribution in [2.45, 2.75) is 50.5 Å². The predicted octanol–water partition coefficient (Wildman–Crippen LogP) is 4.49. The number of anilines is 1. The molecule has 0 heterocycles. The molecule has 1 atom stereocenters. The minimum Gasteiger partial charge on any atom is -0.349 e. The van der Waals surface area contributed by atoms with Gasteiger partial charge in [-0.25, -0.2) is 0 Å². The van der Waals surface area contributed by atoms with Gasteiger partial charge in [0.25, 0.3) is 0 Å². The Kier molecular flexibility index (Phi) is 6.56. The summed E-state index contributed by atoms with van der Waals surface area (Å²) in [6, 6.07) is 14.1. The molecule has 0 saturated carbocycles. The molecule has 0 unspecified atom stereocenters. The smallest absolute Gasteiger partial charge is 0.230 e. The fourth-order valence-corrected chi connectivity index (χ4v) is 4.09. The fraction of sp³-hybridized carbons (Fsp3) is 0.364. The van der Waals surface area contributed by atoms with Gasteiger partial charge in [0.2, 0.25) is 11.8 Å². The average molecular weight is 383 g/mol. The topological polar surface area (TPSA) is 58.2 Å². The van der Waals surface area contributed by atoms with Crippen molar-refractivity contribution in [1.29, 1.82) is 0 Å². The molecule has 27 heavy (non-hydrogen) atoms. The molecule has 0 bridgehead atoms. The molecule has 2 aromatic carbocycles. The second kappa shape index (κ2) is 9.09. The van der Waals surface area contributed by atoms with Crippen molar-refractivity contribution in [2.24, 2.45) is 0 Å². The number of carbonyl (C=O) groups is 2. The highest BCUT2D eigenvalue weighted by Crippen LogP contribution is 2.25. The first-order valence-electron chi connectivity index (χ1n) is 9.43. The Morgan fingerprint density at radius 1 is 1.04 bits per heavy atom. The molecule has 2 aromatic rings. The molecular weight excluding hydrogens is 356 g/mol. The van der Waals surface area contributed by atoms with Gasteiger partial charge in [-0.2, -0.15) is 0 Å². The minimum absolute atomic E-state index is 0.00692. The molecular formula is C22H26N2O2S. The molecule has 5 heteroatoms. The van der Waals surface area contributed by atoms with Crippen LogP contribution in [0, 0.1) is 0 Å². The van der Waals surface area contributed by atoms with Crippen LogP contribution in [0.3, 0.4) is 0 Å². The van der Waals surface area contributed by atoms with E-state index in [1.54, 1.807) is 0 Å². The van der Waals surface area contributed by atoms with Crippen molar-refractivity contribution in [2.75, 3.05) is 11.1 Å². The summed E-state index contributed by atoms with van der Waals surface area (Å²) >= 11 is 1.49. The van der Waals surface area contributed by atoms with Crippen molar-refractivity contribution in [3.8, 4) is 0 Å². The summed E-state index contributed by atoms with van der Waals surface area (Å²) in [6.07, 6.45) is 4.86. The van der Waals surface area contributed by atoms with Crippen LogP contribution in [0.2, 0.25) is 0 Å². The normalized spacial score (nSPS) is 14.1. The standard InChI is InChI=1S/C22H26N2O2S/c1-15(18-8-7-17-5-3-4-6-19(17)13-18)23-22(26)14-27-21-11-9-20(10-12-21)24-16(2)25/h7-13,15H,3-6,14H2,1-2H3,(H,23,26)(H,24,25)/t15-/m0/s1. The van der Waals surface area contributed by atoms with Crippen LogP contribution in [-0.2, 0) is 22.4 Å². The Morgan fingerprint density at radius 3 is 2.44 bits per heavy atom. The van der Waals surface area contributed by atoms with E-state index in [0.717, 1.165) is 17.0 Å². The second-order valence-electron chi connectivity index (χ2n) is 7.02. The largest absolute Gasteiger partial charge is 0.349 e. The van der Waals surface area contributed by atoms with E-state index in [0.29, 0.717) is 5.75 Å². The zero-order chi connectivity index (χ0) is 19.2. The van der Waals surface area contributed by atoms with Crippen LogP contribution in [0.15, 0.2) is 47.4 Å². The summed E-state index contributed by atoms with van der Waals surface area (Å²) < 4.78 is 0. The molecule has 0 spiro atoms. The summed E-state index contributed by atoms with van der Waals surface area (Å²) in [4.78, 5) is 24.4. The van der Waals surface area contributed by atoms with Crippen LogP contribution in [0.4, 0.5) is 5.69 Å². The van der Waals surface area contributed by atoms with Gasteiger partial charge in [-0.3, -0.25) is 9.59 Å². The van der Waals surface area contributed by atoms with E-state index in [1.807, 2.05) is 31.2 Å². The van der Waals surface area contributed by atoms with Crippen LogP contribution in [0.25, 0.3) is 0 Å². The van der Waals surface area contributed by atoms with Crippen molar-refractivity contribution in [3.63, 3.8) is 0 Å². The van der Waals surface area contributed by atoms with Gasteiger partial charge in [-0.1, -0.05) is 18.2 Å². The first-order chi connectivity index (χ1) is 13.0. The highest BCUT2D eigenvalue weighted by Gasteiger charge is 2.14. The van der Waals surface area contributed by atoms with Gasteiger partial charge >= 0.3 is 0 Å². The van der Waals surface area contributed by atoms with Gasteiger partial charge in [-0.05, 0) is 73.6 Å². The fourth-order valence-electron chi connectivity index (χ4n) is 3.38. The van der Waals surface area contributed by atoms with Crippen molar-refractivity contribution in [1.82, 2.24) is 5.32 Å². The third-order valence-electron chi connectivity index (χ3n) is 4.79. The molecule has 0 radical (unpaired) electrons. The number of hydrogen-bond donors (Lipinski definition) is 2. The molecule has 2 N–H and O–H groups in total. The first kappa shape index (κ1) is 19.5. The number of carbonyl (C=O) groups excluding carboxylic acids is 2. The van der Waals surface area contributed by atoms with E-state index in [-0.39, 0.29) is 17.9 Å². The van der Waals surface area contributed by atoms with Crippen LogP contribution in [0.5, 0.6) is 0 Å². The van der Waals surface area contributed by atoms with Gasteiger partial charge in [0, 0.05) is 17.5 Å². The van der Waals surface area contributed by atoms with Crippen molar-refractivity contribution in [3.05, 3.63) is 59.2 Å². The number of thioether (sulfide) groups is 1. The zero-order valence-electron chi connectivity index (χ0n) is 15.9. The maximum Gasteiger partial charge on any atom is 0.230 e. The third-order valence-corrected chi connectivity index (χ3v) is 5.81. The van der Waals surface area contributed by atoms with Crippen molar-refractivity contribution < 1.29 is 9.59 Å². The molecule has 0 aromatic heterocycles. The molecule has 0 saturated heterocycles. The number of amides is 2. The summed E-state index contributed by atoms with van der Waals surface area (Å²) in [5.74, 6) is 0.302. The second-order valence-corrected chi connectivity index (χ2v) is 8.07. The number of rotatable bonds is 6. The Morgan fingerprint density at radius 2 is 1.74 bits per heavy atom. The van der Waals surface area contributed by atoms with Crippen LogP contribution < -0.4 is 10.6 Å². The summed E-state index contributed by atoms with van der Waals surface area (Å²) in [6.45, 7) is 3.52. The predicted molar refractivity (Wildman–Crippen MR) is 111 cm³/mol. The van der Waals surface area contributed by atoms with Gasteiger partial charge in [0.1, 0.15) is 0 Å². The highest BCUT2D eigenvalue weighted by atomic mass is 32.2. The Labute approximate surface area is 165 Å². The van der Waals surface area contributed by atoms with Crippen molar-refractivity contribution >= 4 is 29.3 Å². The van der Waals surface area contributed by atoms with E-state index >= 15 is 0 Å². The van der Waals surface area contributed by atoms with E-state index in [4.69, 9.17) is 0 Å². The third kappa shape index (κ3) is 5.60. The Balaban J connectivity index is 1.50. The number of nitrogens with one attached hydrogen (secondary N) is 2. The lowest BCUT2D eigenvalue weighted by molar-refractivity contribution is -0.119. The number of fused-ring (bicyclic) bond motifs is 1. The van der Waals surface area contributed by atoms with Crippen LogP contribution in [0.1, 0.15) is 49.4 Å². The molecule has 3 rings (SSSR count). The van der Waals surface area contributed by atoms with E-state index < -0.39 is 0 Å². The lowest BCUT2D eigenvalue weighted by atomic mass is 9.89. The minimum atomic E-state index is -0.0917. The molecule has 0 aliphatic heterocycles. The molecule has 0 fully saturated rings. The molecule has 2 amide bonds. The number of benzene rings is 2. The summed E-state index contributed by atoms with van der Waals surface area (Å²) in [5, 5.41) is 5.83. The summed E-state index contributed by atoms with van der Waals surface area (Å²) in [7, 11) is 0. The van der Waals surface area contributed by atoms with Crippen LogP contribution in [-0.4, -0.2) is 17.6 Å². The molecule has 1 aliphatic rings. The zero-order valence-corrected chi connectivity index (χ0v) is 16.7. The highest BCUT2D eigenvalue weighted by molar-refractivity contribution is 8.00. The van der Waals surface area contributed by atoms with E-state index in [2.05, 4.69) is 28.8 Å². The molecule has 1 aliphatic carbocycles. The lowest BCUT2D eigenvalue weighted by Crippen LogP contribution is -2.28. The SMILES string of the molecule is CC(=O)Nc1ccc(SCC(=O)N[C@@H](C)c2ccc3c(c2)CCCC3)cc1. The van der Waals surface area contributed by atoms with E-state index in [1.165, 1.54) is 54.6 Å². The van der Waals surface area contributed by atoms with Gasteiger partial charge < -0.3 is 10.6 Å². The maximum atomic E-state index is 12.3. The monoisotopic (exact) mass is 382 g/mol.